The summed E-state index contributed by atoms with van der Waals surface area (Å²) in [7, 11) is 0. The van der Waals surface area contributed by atoms with E-state index in [1.54, 1.807) is 13.0 Å². The highest BCUT2D eigenvalue weighted by atomic mass is 35.5. The Labute approximate surface area is 164 Å². The second-order valence-corrected chi connectivity index (χ2v) is 8.55. The summed E-state index contributed by atoms with van der Waals surface area (Å²) in [5, 5.41) is 3.63. The molecule has 7 heteroatoms. The van der Waals surface area contributed by atoms with E-state index in [4.69, 9.17) is 21.1 Å². The zero-order chi connectivity index (χ0) is 18.6. The van der Waals surface area contributed by atoms with Gasteiger partial charge in [-0.2, -0.15) is 11.8 Å². The number of halogens is 1. The van der Waals surface area contributed by atoms with Crippen LogP contribution in [0.5, 0.6) is 5.75 Å². The number of morpholine rings is 1. The standard InChI is InChI=1S/C19H27ClN2O3S/c1-14-3-4-16(20)17(11-14)25-15(2)18(23)21-12-19(5-10-26-13-19)22-6-8-24-9-7-22/h3-4,11,15H,5-10,12-13H2,1-2H3,(H,21,23)/t15-,19-/m0/s1. The lowest BCUT2D eigenvalue weighted by Crippen LogP contribution is -2.59. The fourth-order valence-electron chi connectivity index (χ4n) is 3.48. The molecule has 0 aromatic heterocycles. The van der Waals surface area contributed by atoms with Crippen molar-refractivity contribution in [1.29, 1.82) is 0 Å². The highest BCUT2D eigenvalue weighted by Crippen LogP contribution is 2.33. The van der Waals surface area contributed by atoms with Crippen molar-refractivity contribution in [3.8, 4) is 5.75 Å². The van der Waals surface area contributed by atoms with Gasteiger partial charge in [-0.3, -0.25) is 9.69 Å². The molecule has 1 N–H and O–H groups in total. The molecule has 2 saturated heterocycles. The van der Waals surface area contributed by atoms with E-state index < -0.39 is 6.10 Å². The van der Waals surface area contributed by atoms with Gasteiger partial charge in [-0.25, -0.2) is 0 Å². The zero-order valence-electron chi connectivity index (χ0n) is 15.4. The lowest BCUT2D eigenvalue weighted by atomic mass is 9.95. The summed E-state index contributed by atoms with van der Waals surface area (Å²) >= 11 is 8.13. The van der Waals surface area contributed by atoms with E-state index in [1.807, 2.05) is 30.8 Å². The minimum atomic E-state index is -0.593. The lowest BCUT2D eigenvalue weighted by molar-refractivity contribution is -0.128. The maximum atomic E-state index is 12.6. The van der Waals surface area contributed by atoms with Crippen LogP contribution in [-0.2, 0) is 9.53 Å². The molecule has 0 radical (unpaired) electrons. The van der Waals surface area contributed by atoms with Gasteiger partial charge in [-0.15, -0.1) is 0 Å². The molecule has 2 atom stereocenters. The molecular weight excluding hydrogens is 372 g/mol. The van der Waals surface area contributed by atoms with Gasteiger partial charge >= 0.3 is 0 Å². The Hall–Kier alpha value is -0.950. The Balaban J connectivity index is 1.58. The number of ether oxygens (including phenoxy) is 2. The summed E-state index contributed by atoms with van der Waals surface area (Å²) < 4.78 is 11.3. The minimum Gasteiger partial charge on any atom is -0.479 e. The molecule has 0 saturated carbocycles. The zero-order valence-corrected chi connectivity index (χ0v) is 17.0. The fraction of sp³-hybridized carbons (Fsp3) is 0.632. The molecule has 0 spiro atoms. The topological polar surface area (TPSA) is 50.8 Å². The van der Waals surface area contributed by atoms with E-state index in [0.29, 0.717) is 17.3 Å². The average Bonchev–Trinajstić information content (AvgIpc) is 3.13. The monoisotopic (exact) mass is 398 g/mol. The number of carbonyl (C=O) groups is 1. The van der Waals surface area contributed by atoms with Gasteiger partial charge in [0, 0.05) is 30.9 Å². The van der Waals surface area contributed by atoms with E-state index in [-0.39, 0.29) is 11.4 Å². The molecule has 0 unspecified atom stereocenters. The molecule has 1 aromatic rings. The first-order valence-corrected chi connectivity index (χ1v) is 10.6. The molecule has 144 valence electrons. The third-order valence-electron chi connectivity index (χ3n) is 5.12. The normalized spacial score (nSPS) is 25.0. The Morgan fingerprint density at radius 1 is 1.46 bits per heavy atom. The van der Waals surface area contributed by atoms with Crippen LogP contribution in [0.4, 0.5) is 0 Å². The highest BCUT2D eigenvalue weighted by molar-refractivity contribution is 7.99. The van der Waals surface area contributed by atoms with Gasteiger partial charge in [0.05, 0.1) is 18.2 Å². The maximum absolute atomic E-state index is 12.6. The van der Waals surface area contributed by atoms with Gasteiger partial charge in [0.15, 0.2) is 6.10 Å². The van der Waals surface area contributed by atoms with E-state index in [9.17, 15) is 4.79 Å². The summed E-state index contributed by atoms with van der Waals surface area (Å²) in [4.78, 5) is 15.1. The minimum absolute atomic E-state index is 0.0325. The van der Waals surface area contributed by atoms with Crippen LogP contribution in [0.1, 0.15) is 18.9 Å². The summed E-state index contributed by atoms with van der Waals surface area (Å²) in [6.45, 7) is 7.78. The molecule has 5 nitrogen and oxygen atoms in total. The molecule has 1 aromatic carbocycles. The van der Waals surface area contributed by atoms with Crippen LogP contribution in [0.3, 0.4) is 0 Å². The van der Waals surface area contributed by atoms with Crippen LogP contribution in [0.25, 0.3) is 0 Å². The predicted octanol–water partition coefficient (Wildman–Crippen LogP) is 2.74. The Morgan fingerprint density at radius 3 is 2.92 bits per heavy atom. The molecule has 1 amide bonds. The van der Waals surface area contributed by atoms with Crippen LogP contribution < -0.4 is 10.1 Å². The fourth-order valence-corrected chi connectivity index (χ4v) is 5.11. The summed E-state index contributed by atoms with van der Waals surface area (Å²) in [6.07, 6.45) is 0.502. The third-order valence-corrected chi connectivity index (χ3v) is 6.66. The van der Waals surface area contributed by atoms with E-state index in [1.165, 1.54) is 0 Å². The molecule has 2 heterocycles. The summed E-state index contributed by atoms with van der Waals surface area (Å²) in [5.74, 6) is 2.63. The number of benzene rings is 1. The highest BCUT2D eigenvalue weighted by Gasteiger charge is 2.41. The van der Waals surface area contributed by atoms with Crippen molar-refractivity contribution in [3.63, 3.8) is 0 Å². The molecule has 2 aliphatic heterocycles. The van der Waals surface area contributed by atoms with Crippen molar-refractivity contribution in [2.45, 2.75) is 31.9 Å². The third kappa shape index (κ3) is 4.66. The molecule has 26 heavy (non-hydrogen) atoms. The molecule has 0 aliphatic carbocycles. The van der Waals surface area contributed by atoms with E-state index in [0.717, 1.165) is 49.8 Å². The Bertz CT molecular complexity index is 631. The first-order chi connectivity index (χ1) is 12.5. The average molecular weight is 399 g/mol. The number of rotatable bonds is 6. The van der Waals surface area contributed by atoms with Crippen molar-refractivity contribution in [2.24, 2.45) is 0 Å². The number of aryl methyl sites for hydroxylation is 1. The second kappa shape index (κ2) is 8.83. The quantitative estimate of drug-likeness (QED) is 0.798. The first kappa shape index (κ1) is 19.8. The SMILES string of the molecule is Cc1ccc(Cl)c(O[C@@H](C)C(=O)NC[C@@]2(N3CCOCC3)CCSC2)c1. The Kier molecular flexibility index (Phi) is 6.72. The molecule has 2 aliphatic rings. The number of amides is 1. The molecular formula is C19H27ClN2O3S. The van der Waals surface area contributed by atoms with Crippen LogP contribution in [0.2, 0.25) is 5.02 Å². The molecule has 2 fully saturated rings. The van der Waals surface area contributed by atoms with Crippen molar-refractivity contribution in [2.75, 3.05) is 44.4 Å². The van der Waals surface area contributed by atoms with Crippen molar-refractivity contribution in [3.05, 3.63) is 28.8 Å². The summed E-state index contributed by atoms with van der Waals surface area (Å²) in [6, 6.07) is 5.57. The van der Waals surface area contributed by atoms with Gasteiger partial charge in [0.25, 0.3) is 5.91 Å². The maximum Gasteiger partial charge on any atom is 0.260 e. The van der Waals surface area contributed by atoms with Crippen LogP contribution in [-0.4, -0.2) is 66.8 Å². The molecule has 3 rings (SSSR count). The van der Waals surface area contributed by atoms with E-state index >= 15 is 0 Å². The Morgan fingerprint density at radius 2 is 2.23 bits per heavy atom. The van der Waals surface area contributed by atoms with Crippen LogP contribution in [0.15, 0.2) is 18.2 Å². The number of hydrogen-bond donors (Lipinski definition) is 1. The number of thioether (sulfide) groups is 1. The van der Waals surface area contributed by atoms with Crippen LogP contribution in [0, 0.1) is 6.92 Å². The number of hydrogen-bond acceptors (Lipinski definition) is 5. The largest absolute Gasteiger partial charge is 0.479 e. The first-order valence-electron chi connectivity index (χ1n) is 9.11. The van der Waals surface area contributed by atoms with E-state index in [2.05, 4.69) is 10.2 Å². The van der Waals surface area contributed by atoms with Crippen LogP contribution >= 0.6 is 23.4 Å². The van der Waals surface area contributed by atoms with Gasteiger partial charge in [-0.05, 0) is 43.7 Å². The number of nitrogens with zero attached hydrogens (tertiary/aromatic N) is 1. The molecule has 0 bridgehead atoms. The van der Waals surface area contributed by atoms with Crippen molar-refractivity contribution >= 4 is 29.3 Å². The van der Waals surface area contributed by atoms with Gasteiger partial charge in [0.2, 0.25) is 0 Å². The predicted molar refractivity (Wildman–Crippen MR) is 106 cm³/mol. The number of carbonyl (C=O) groups excluding carboxylic acids is 1. The smallest absolute Gasteiger partial charge is 0.260 e. The summed E-state index contributed by atoms with van der Waals surface area (Å²) in [5.41, 5.74) is 1.08. The second-order valence-electron chi connectivity index (χ2n) is 7.04. The van der Waals surface area contributed by atoms with Gasteiger partial charge in [0.1, 0.15) is 5.75 Å². The van der Waals surface area contributed by atoms with Gasteiger partial charge in [-0.1, -0.05) is 17.7 Å². The van der Waals surface area contributed by atoms with Gasteiger partial charge < -0.3 is 14.8 Å². The van der Waals surface area contributed by atoms with Crippen molar-refractivity contribution < 1.29 is 14.3 Å². The van der Waals surface area contributed by atoms with Crippen molar-refractivity contribution in [1.82, 2.24) is 10.2 Å². The number of nitrogens with one attached hydrogen (secondary N) is 1. The lowest BCUT2D eigenvalue weighted by Gasteiger charge is -2.43.